The third-order valence-electron chi connectivity index (χ3n) is 2.41. The van der Waals surface area contributed by atoms with Gasteiger partial charge in [0, 0.05) is 12.8 Å². The van der Waals surface area contributed by atoms with Crippen molar-refractivity contribution in [3.63, 3.8) is 0 Å². The molecule has 0 spiro atoms. The molecule has 0 fully saturated rings. The van der Waals surface area contributed by atoms with E-state index < -0.39 is 0 Å². The van der Waals surface area contributed by atoms with Crippen molar-refractivity contribution >= 4 is 11.6 Å². The van der Waals surface area contributed by atoms with Crippen LogP contribution in [0.25, 0.3) is 0 Å². The molecule has 0 saturated carbocycles. The third-order valence-corrected chi connectivity index (χ3v) is 2.41. The number of hydrogen-bond donors (Lipinski definition) is 0. The lowest BCUT2D eigenvalue weighted by molar-refractivity contribution is -0.118. The Morgan fingerprint density at radius 1 is 1.00 bits per heavy atom. The van der Waals surface area contributed by atoms with Crippen LogP contribution in [0.3, 0.4) is 0 Å². The molecular weight excluding hydrogens is 200 g/mol. The van der Waals surface area contributed by atoms with Crippen molar-refractivity contribution in [1.29, 1.82) is 0 Å². The molecule has 0 saturated heterocycles. The summed E-state index contributed by atoms with van der Waals surface area (Å²) in [5, 5.41) is 0. The first-order valence-corrected chi connectivity index (χ1v) is 6.28. The van der Waals surface area contributed by atoms with Crippen LogP contribution in [-0.2, 0) is 9.59 Å². The first kappa shape index (κ1) is 17.7. The Balaban J connectivity index is 0. The predicted octanol–water partition coefficient (Wildman–Crippen LogP) is 4.02. The van der Waals surface area contributed by atoms with Gasteiger partial charge < -0.3 is 9.59 Å². The van der Waals surface area contributed by atoms with Crippen molar-refractivity contribution < 1.29 is 9.59 Å². The van der Waals surface area contributed by atoms with E-state index in [4.69, 9.17) is 0 Å². The Morgan fingerprint density at radius 3 is 1.62 bits per heavy atom. The van der Waals surface area contributed by atoms with Crippen molar-refractivity contribution in [2.45, 2.75) is 67.2 Å². The molecule has 1 unspecified atom stereocenters. The van der Waals surface area contributed by atoms with Crippen LogP contribution in [0.5, 0.6) is 0 Å². The number of carbonyl (C=O) groups is 2. The summed E-state index contributed by atoms with van der Waals surface area (Å²) >= 11 is 0. The molecule has 0 N–H and O–H groups in total. The van der Waals surface area contributed by atoms with Crippen LogP contribution >= 0.6 is 0 Å². The summed E-state index contributed by atoms with van der Waals surface area (Å²) in [4.78, 5) is 20.8. The zero-order valence-electron chi connectivity index (χ0n) is 11.8. The van der Waals surface area contributed by atoms with Gasteiger partial charge in [-0.2, -0.15) is 0 Å². The molecule has 0 aliphatic carbocycles. The zero-order chi connectivity index (χ0) is 13.1. The van der Waals surface area contributed by atoms with Crippen LogP contribution in [0.1, 0.15) is 67.2 Å². The molecule has 0 aliphatic rings. The molecule has 0 aromatic heterocycles. The predicted molar refractivity (Wildman–Crippen MR) is 69.5 cm³/mol. The van der Waals surface area contributed by atoms with E-state index >= 15 is 0 Å². The summed E-state index contributed by atoms with van der Waals surface area (Å²) in [7, 11) is 0. The van der Waals surface area contributed by atoms with Crippen LogP contribution in [0.2, 0.25) is 0 Å². The number of rotatable bonds is 6. The van der Waals surface area contributed by atoms with Gasteiger partial charge in [-0.25, -0.2) is 0 Å². The maximum atomic E-state index is 10.4. The summed E-state index contributed by atoms with van der Waals surface area (Å²) in [5.74, 6) is 1.85. The maximum absolute atomic E-state index is 10.4. The van der Waals surface area contributed by atoms with Crippen LogP contribution in [0.15, 0.2) is 0 Å². The molecule has 16 heavy (non-hydrogen) atoms. The minimum atomic E-state index is 0.304. The van der Waals surface area contributed by atoms with Crippen molar-refractivity contribution in [2.75, 3.05) is 0 Å². The van der Waals surface area contributed by atoms with Gasteiger partial charge in [-0.1, -0.05) is 34.1 Å². The summed E-state index contributed by atoms with van der Waals surface area (Å²) in [6.07, 6.45) is 3.64. The van der Waals surface area contributed by atoms with E-state index in [2.05, 4.69) is 27.7 Å². The van der Waals surface area contributed by atoms with Gasteiger partial charge in [0.15, 0.2) is 0 Å². The SMILES string of the molecule is CC(=O)CCC(C)C.CCC(C)CC(C)=O. The van der Waals surface area contributed by atoms with Gasteiger partial charge in [0.25, 0.3) is 0 Å². The highest BCUT2D eigenvalue weighted by Gasteiger charge is 2.00. The van der Waals surface area contributed by atoms with E-state index in [-0.39, 0.29) is 0 Å². The van der Waals surface area contributed by atoms with Crippen molar-refractivity contribution in [2.24, 2.45) is 11.8 Å². The fraction of sp³-hybridized carbons (Fsp3) is 0.857. The van der Waals surface area contributed by atoms with Gasteiger partial charge in [-0.3, -0.25) is 0 Å². The molecule has 0 heterocycles. The van der Waals surface area contributed by atoms with Crippen molar-refractivity contribution in [1.82, 2.24) is 0 Å². The molecule has 0 aromatic rings. The quantitative estimate of drug-likeness (QED) is 0.688. The third kappa shape index (κ3) is 19.0. The van der Waals surface area contributed by atoms with Gasteiger partial charge in [0.05, 0.1) is 0 Å². The van der Waals surface area contributed by atoms with Crippen molar-refractivity contribution in [3.8, 4) is 0 Å². The maximum Gasteiger partial charge on any atom is 0.130 e. The van der Waals surface area contributed by atoms with Gasteiger partial charge in [-0.05, 0) is 32.1 Å². The number of Topliss-reactive ketones (excluding diaryl/α,β-unsaturated/α-hetero) is 2. The molecule has 2 nitrogen and oxygen atoms in total. The first-order valence-electron chi connectivity index (χ1n) is 6.28. The Morgan fingerprint density at radius 2 is 1.50 bits per heavy atom. The van der Waals surface area contributed by atoms with E-state index in [0.717, 1.165) is 25.7 Å². The molecule has 0 bridgehead atoms. The molecule has 0 radical (unpaired) electrons. The average molecular weight is 228 g/mol. The normalized spacial score (nSPS) is 11.7. The molecule has 0 aliphatic heterocycles. The molecular formula is C14H28O2. The Labute approximate surface area is 101 Å². The van der Waals surface area contributed by atoms with Gasteiger partial charge in [0.2, 0.25) is 0 Å². The summed E-state index contributed by atoms with van der Waals surface area (Å²) in [5.41, 5.74) is 0. The van der Waals surface area contributed by atoms with Gasteiger partial charge in [-0.15, -0.1) is 0 Å². The van der Waals surface area contributed by atoms with Crippen LogP contribution in [0.4, 0.5) is 0 Å². The minimum absolute atomic E-state index is 0.304. The van der Waals surface area contributed by atoms with E-state index in [9.17, 15) is 9.59 Å². The molecule has 0 amide bonds. The lowest BCUT2D eigenvalue weighted by Crippen LogP contribution is -1.98. The van der Waals surface area contributed by atoms with E-state index in [0.29, 0.717) is 23.4 Å². The molecule has 96 valence electrons. The number of carbonyl (C=O) groups excluding carboxylic acids is 2. The van der Waals surface area contributed by atoms with Gasteiger partial charge >= 0.3 is 0 Å². The fourth-order valence-electron chi connectivity index (χ4n) is 1.13. The smallest absolute Gasteiger partial charge is 0.130 e. The second kappa shape index (κ2) is 10.8. The average Bonchev–Trinajstić information content (AvgIpc) is 2.14. The lowest BCUT2D eigenvalue weighted by Gasteiger charge is -2.01. The van der Waals surface area contributed by atoms with E-state index in [1.54, 1.807) is 13.8 Å². The zero-order valence-corrected chi connectivity index (χ0v) is 11.8. The highest BCUT2D eigenvalue weighted by atomic mass is 16.1. The summed E-state index contributed by atoms with van der Waals surface area (Å²) < 4.78 is 0. The largest absolute Gasteiger partial charge is 0.300 e. The van der Waals surface area contributed by atoms with Crippen molar-refractivity contribution in [3.05, 3.63) is 0 Å². The van der Waals surface area contributed by atoms with Crippen LogP contribution < -0.4 is 0 Å². The van der Waals surface area contributed by atoms with E-state index in [1.807, 2.05) is 0 Å². The number of ketones is 2. The standard InChI is InChI=1S/2C7H14O/c1-6(2)4-5-7(3)8;1-4-6(2)5-7(3)8/h2*6H,4-5H2,1-3H3. The summed E-state index contributed by atoms with van der Waals surface area (Å²) in [6, 6.07) is 0. The second-order valence-corrected chi connectivity index (χ2v) is 5.05. The Bertz CT molecular complexity index is 195. The molecule has 0 aromatic carbocycles. The summed E-state index contributed by atoms with van der Waals surface area (Å²) in [6.45, 7) is 11.7. The Kier molecular flexibility index (Phi) is 12.0. The van der Waals surface area contributed by atoms with Gasteiger partial charge in [0.1, 0.15) is 11.6 Å². The minimum Gasteiger partial charge on any atom is -0.300 e. The van der Waals surface area contributed by atoms with Crippen LogP contribution in [-0.4, -0.2) is 11.6 Å². The monoisotopic (exact) mass is 228 g/mol. The lowest BCUT2D eigenvalue weighted by atomic mass is 10.0. The molecule has 0 rings (SSSR count). The Hall–Kier alpha value is -0.660. The van der Waals surface area contributed by atoms with E-state index in [1.165, 1.54) is 0 Å². The number of hydrogen-bond acceptors (Lipinski definition) is 2. The second-order valence-electron chi connectivity index (χ2n) is 5.05. The topological polar surface area (TPSA) is 34.1 Å². The van der Waals surface area contributed by atoms with Crippen LogP contribution in [0, 0.1) is 11.8 Å². The highest BCUT2D eigenvalue weighted by molar-refractivity contribution is 5.75. The molecule has 2 heteroatoms. The molecule has 1 atom stereocenters. The first-order chi connectivity index (χ1) is 7.29. The fourth-order valence-corrected chi connectivity index (χ4v) is 1.13. The highest BCUT2D eigenvalue weighted by Crippen LogP contribution is 2.05.